The number of aromatic nitrogens is 1. The molecule has 1 amide bonds. The summed E-state index contributed by atoms with van der Waals surface area (Å²) in [7, 11) is 0. The Labute approximate surface area is 184 Å². The third kappa shape index (κ3) is 4.13. The zero-order valence-electron chi connectivity index (χ0n) is 19.1. The molecule has 2 aliphatic rings. The maximum absolute atomic E-state index is 13.6. The maximum atomic E-state index is 13.6. The van der Waals surface area contributed by atoms with Gasteiger partial charge in [-0.1, -0.05) is 6.07 Å². The fourth-order valence-electron chi connectivity index (χ4n) is 4.79. The van der Waals surface area contributed by atoms with E-state index >= 15 is 0 Å². The van der Waals surface area contributed by atoms with Gasteiger partial charge in [-0.05, 0) is 69.4 Å². The normalized spacial score (nSPS) is 21.9. The highest BCUT2D eigenvalue weighted by molar-refractivity contribution is 5.86. The topological polar surface area (TPSA) is 65.9 Å². The monoisotopic (exact) mass is 423 g/mol. The van der Waals surface area contributed by atoms with Gasteiger partial charge in [0, 0.05) is 50.9 Å². The van der Waals surface area contributed by atoms with Crippen LogP contribution in [0.2, 0.25) is 0 Å². The number of benzene rings is 1. The molecule has 2 aromatic rings. The third-order valence-electron chi connectivity index (χ3n) is 6.96. The predicted octanol–water partition coefficient (Wildman–Crippen LogP) is 3.53. The molecule has 1 unspecified atom stereocenters. The summed E-state index contributed by atoms with van der Waals surface area (Å²) in [5, 5.41) is 10.4. The number of aromatic hydroxyl groups is 1. The van der Waals surface area contributed by atoms with Gasteiger partial charge in [-0.15, -0.1) is 0 Å². The van der Waals surface area contributed by atoms with E-state index in [-0.39, 0.29) is 5.91 Å². The molecule has 6 nitrogen and oxygen atoms in total. The predicted molar refractivity (Wildman–Crippen MR) is 120 cm³/mol. The number of nitrogens with zero attached hydrogens (tertiary/aromatic N) is 3. The van der Waals surface area contributed by atoms with E-state index in [2.05, 4.69) is 9.88 Å². The van der Waals surface area contributed by atoms with Crippen LogP contribution >= 0.6 is 0 Å². The van der Waals surface area contributed by atoms with Crippen LogP contribution in [0.4, 0.5) is 0 Å². The van der Waals surface area contributed by atoms with Gasteiger partial charge in [-0.3, -0.25) is 14.7 Å². The second-order valence-corrected chi connectivity index (χ2v) is 9.11. The molecule has 1 aromatic carbocycles. The lowest BCUT2D eigenvalue weighted by molar-refractivity contribution is -0.148. The SMILES string of the molecule is Cc1c(C)c2c(c(C)c1O)CCC(C)(C(=O)N1CCCN(Cc3ccccn3)CC1)O2. The molecule has 0 bridgehead atoms. The number of pyridine rings is 1. The molecular formula is C25H33N3O3. The van der Waals surface area contributed by atoms with Gasteiger partial charge in [0.25, 0.3) is 5.91 Å². The van der Waals surface area contributed by atoms with Crippen LogP contribution < -0.4 is 4.74 Å². The van der Waals surface area contributed by atoms with Crippen molar-refractivity contribution in [2.24, 2.45) is 0 Å². The molecule has 0 spiro atoms. The van der Waals surface area contributed by atoms with E-state index in [1.54, 1.807) is 0 Å². The molecule has 6 heteroatoms. The largest absolute Gasteiger partial charge is 0.507 e. The number of phenolic OH excluding ortho intramolecular Hbond substituents is 1. The first-order chi connectivity index (χ1) is 14.8. The first-order valence-electron chi connectivity index (χ1n) is 11.2. The van der Waals surface area contributed by atoms with Gasteiger partial charge in [0.15, 0.2) is 5.60 Å². The number of hydrogen-bond donors (Lipinski definition) is 1. The lowest BCUT2D eigenvalue weighted by atomic mass is 9.86. The zero-order chi connectivity index (χ0) is 22.2. The summed E-state index contributed by atoms with van der Waals surface area (Å²) in [6, 6.07) is 5.99. The molecule has 2 aliphatic heterocycles. The van der Waals surface area contributed by atoms with E-state index in [1.165, 1.54) is 0 Å². The molecule has 0 radical (unpaired) electrons. The second kappa shape index (κ2) is 8.50. The molecule has 0 aliphatic carbocycles. The molecule has 4 rings (SSSR count). The molecule has 1 saturated heterocycles. The second-order valence-electron chi connectivity index (χ2n) is 9.11. The van der Waals surface area contributed by atoms with Crippen molar-refractivity contribution in [2.45, 2.75) is 59.1 Å². The summed E-state index contributed by atoms with van der Waals surface area (Å²) in [6.07, 6.45) is 4.12. The van der Waals surface area contributed by atoms with E-state index < -0.39 is 5.60 Å². The molecule has 166 valence electrons. The van der Waals surface area contributed by atoms with Crippen molar-refractivity contribution in [1.82, 2.24) is 14.8 Å². The average Bonchev–Trinajstić information content (AvgIpc) is 3.02. The molecule has 1 aromatic heterocycles. The molecule has 31 heavy (non-hydrogen) atoms. The number of phenols is 1. The highest BCUT2D eigenvalue weighted by atomic mass is 16.5. The van der Waals surface area contributed by atoms with Crippen LogP contribution in [0, 0.1) is 20.8 Å². The summed E-state index contributed by atoms with van der Waals surface area (Å²) in [5.41, 5.74) is 3.84. The third-order valence-corrected chi connectivity index (χ3v) is 6.96. The Morgan fingerprint density at radius 1 is 1.13 bits per heavy atom. The minimum absolute atomic E-state index is 0.0700. The van der Waals surface area contributed by atoms with E-state index in [0.717, 1.165) is 72.7 Å². The first kappa shape index (κ1) is 21.6. The fraction of sp³-hybridized carbons (Fsp3) is 0.520. The van der Waals surface area contributed by atoms with Crippen molar-refractivity contribution in [2.75, 3.05) is 26.2 Å². The van der Waals surface area contributed by atoms with Crippen LogP contribution in [0.5, 0.6) is 11.5 Å². The van der Waals surface area contributed by atoms with E-state index in [0.29, 0.717) is 18.7 Å². The Morgan fingerprint density at radius 2 is 1.94 bits per heavy atom. The Balaban J connectivity index is 1.47. The highest BCUT2D eigenvalue weighted by Gasteiger charge is 2.43. The highest BCUT2D eigenvalue weighted by Crippen LogP contribution is 2.43. The van der Waals surface area contributed by atoms with Crippen LogP contribution in [-0.2, 0) is 17.8 Å². The van der Waals surface area contributed by atoms with Gasteiger partial charge in [-0.2, -0.15) is 0 Å². The molecule has 1 atom stereocenters. The van der Waals surface area contributed by atoms with Crippen LogP contribution in [0.1, 0.15) is 47.7 Å². The van der Waals surface area contributed by atoms with Gasteiger partial charge in [0.05, 0.1) is 5.69 Å². The van der Waals surface area contributed by atoms with E-state index in [1.807, 2.05) is 57.0 Å². The van der Waals surface area contributed by atoms with E-state index in [4.69, 9.17) is 4.74 Å². The Kier molecular flexibility index (Phi) is 5.93. The first-order valence-corrected chi connectivity index (χ1v) is 11.2. The van der Waals surface area contributed by atoms with Crippen LogP contribution in [0.3, 0.4) is 0 Å². The Morgan fingerprint density at radius 3 is 2.68 bits per heavy atom. The summed E-state index contributed by atoms with van der Waals surface area (Å²) in [6.45, 7) is 11.8. The molecule has 1 fully saturated rings. The average molecular weight is 424 g/mol. The Bertz CT molecular complexity index is 976. The lowest BCUT2D eigenvalue weighted by Crippen LogP contribution is -2.53. The molecule has 1 N–H and O–H groups in total. The minimum atomic E-state index is -0.871. The van der Waals surface area contributed by atoms with Crippen molar-refractivity contribution >= 4 is 5.91 Å². The minimum Gasteiger partial charge on any atom is -0.507 e. The quantitative estimate of drug-likeness (QED) is 0.818. The maximum Gasteiger partial charge on any atom is 0.266 e. The zero-order valence-corrected chi connectivity index (χ0v) is 19.1. The summed E-state index contributed by atoms with van der Waals surface area (Å²) >= 11 is 0. The van der Waals surface area contributed by atoms with Gasteiger partial charge in [0.2, 0.25) is 0 Å². The number of ether oxygens (including phenoxy) is 1. The summed E-state index contributed by atoms with van der Waals surface area (Å²) in [4.78, 5) is 22.3. The van der Waals surface area contributed by atoms with Gasteiger partial charge < -0.3 is 14.7 Å². The molecule has 0 saturated carbocycles. The van der Waals surface area contributed by atoms with Gasteiger partial charge in [0.1, 0.15) is 11.5 Å². The molecular weight excluding hydrogens is 390 g/mol. The van der Waals surface area contributed by atoms with Crippen molar-refractivity contribution in [3.63, 3.8) is 0 Å². The van der Waals surface area contributed by atoms with Crippen LogP contribution in [0.25, 0.3) is 0 Å². The van der Waals surface area contributed by atoms with Crippen LogP contribution in [0.15, 0.2) is 24.4 Å². The van der Waals surface area contributed by atoms with Crippen molar-refractivity contribution in [3.8, 4) is 11.5 Å². The number of rotatable bonds is 3. The van der Waals surface area contributed by atoms with Gasteiger partial charge in [-0.25, -0.2) is 0 Å². The number of carbonyl (C=O) groups excluding carboxylic acids is 1. The van der Waals surface area contributed by atoms with Crippen LogP contribution in [-0.4, -0.2) is 57.6 Å². The lowest BCUT2D eigenvalue weighted by Gasteiger charge is -2.39. The smallest absolute Gasteiger partial charge is 0.266 e. The number of hydrogen-bond acceptors (Lipinski definition) is 5. The fourth-order valence-corrected chi connectivity index (χ4v) is 4.79. The summed E-state index contributed by atoms with van der Waals surface area (Å²) < 4.78 is 6.42. The van der Waals surface area contributed by atoms with E-state index in [9.17, 15) is 9.90 Å². The number of carbonyl (C=O) groups is 1. The Hall–Kier alpha value is -2.60. The summed E-state index contributed by atoms with van der Waals surface area (Å²) in [5.74, 6) is 1.19. The van der Waals surface area contributed by atoms with Crippen molar-refractivity contribution in [3.05, 3.63) is 52.3 Å². The number of amides is 1. The van der Waals surface area contributed by atoms with Crippen molar-refractivity contribution in [1.29, 1.82) is 0 Å². The van der Waals surface area contributed by atoms with Crippen molar-refractivity contribution < 1.29 is 14.6 Å². The molecule has 3 heterocycles. The number of fused-ring (bicyclic) bond motifs is 1. The van der Waals surface area contributed by atoms with Gasteiger partial charge >= 0.3 is 0 Å². The standard InChI is InChI=1S/C25H33N3O3/c1-17-18(2)23-21(19(3)22(17)29)9-10-25(4,31-23)24(30)28-13-7-12-27(14-15-28)16-20-8-5-6-11-26-20/h5-6,8,11,29H,7,9-10,12-16H2,1-4H3.